The molecule has 5 aliphatic carbocycles. The van der Waals surface area contributed by atoms with E-state index in [2.05, 4.69) is 48.1 Å². The van der Waals surface area contributed by atoms with Gasteiger partial charge in [-0.2, -0.15) is 0 Å². The van der Waals surface area contributed by atoms with E-state index in [4.69, 9.17) is 9.47 Å². The fraction of sp³-hybridized carbons (Fsp3) is 0.609. The molecule has 0 radical (unpaired) electrons. The first-order valence-corrected chi connectivity index (χ1v) is 20.1. The van der Waals surface area contributed by atoms with Gasteiger partial charge in [-0.25, -0.2) is 19.2 Å². The summed E-state index contributed by atoms with van der Waals surface area (Å²) in [7, 11) is 0. The van der Waals surface area contributed by atoms with Gasteiger partial charge in [-0.15, -0.1) is 0 Å². The molecule has 2 aromatic rings. The van der Waals surface area contributed by atoms with Crippen molar-refractivity contribution in [3.8, 4) is 0 Å². The van der Waals surface area contributed by atoms with Crippen molar-refractivity contribution in [1.82, 2.24) is 0 Å². The van der Waals surface area contributed by atoms with Gasteiger partial charge in [0, 0.05) is 10.8 Å². The van der Waals surface area contributed by atoms with Crippen LogP contribution in [-0.4, -0.2) is 46.8 Å². The second-order valence-electron chi connectivity index (χ2n) is 19.1. The molecule has 0 bridgehead atoms. The van der Waals surface area contributed by atoms with E-state index in [9.17, 15) is 29.4 Å². The number of hydrogen-bond donors (Lipinski definition) is 2. The molecule has 0 aromatic heterocycles. The monoisotopic (exact) mass is 738 g/mol. The van der Waals surface area contributed by atoms with E-state index in [1.54, 1.807) is 36.4 Å². The lowest BCUT2D eigenvalue weighted by Gasteiger charge is -2.73. The molecule has 0 amide bonds. The summed E-state index contributed by atoms with van der Waals surface area (Å²) in [6, 6.07) is 12.6. The third-order valence-electron chi connectivity index (χ3n) is 16.7. The highest BCUT2D eigenvalue weighted by Crippen LogP contribution is 2.77. The standard InChI is InChI=1S/C46H58O8/c1-27(2)28-18-23-46(26-53-40(51)31-14-10-8-12-29(31)38(47)48)25-24-44(6)33(37(28)46)16-17-35-43(5)21-20-36(42(3,4)34(43)19-22-45(35,44)7)54-41(52)32-15-11-9-13-30(32)39(49)50/h8-15,28,33-37H,1,16-26H2,2-7H3,(H,47,48)(H,49,50)/t28-,33+,34+,35+,36+,37-,43+,44+,45-,46-/m1/s1. The Bertz CT molecular complexity index is 1880. The highest BCUT2D eigenvalue weighted by Gasteiger charge is 2.71. The van der Waals surface area contributed by atoms with Crippen LogP contribution in [-0.2, 0) is 9.47 Å². The topological polar surface area (TPSA) is 127 Å². The SMILES string of the molecule is C=C(C)[C@H]1CC[C@]2(COC(=O)c3ccccc3C(=O)O)CC[C@@]3(C)[C@@H](CC[C@H]4[C@@]5(C)CC[C@H](OC(=O)c6ccccc6C(=O)O)C(C)(C)[C@@H]5CC[C@]43C)[C@@H]12. The lowest BCUT2D eigenvalue weighted by Crippen LogP contribution is -2.67. The summed E-state index contributed by atoms with van der Waals surface area (Å²) in [6.07, 6.45) is 9.77. The number of carboxylic acid groups (broad SMARTS) is 2. The van der Waals surface area contributed by atoms with Crippen molar-refractivity contribution in [2.45, 2.75) is 112 Å². The first-order chi connectivity index (χ1) is 25.4. The molecule has 0 heterocycles. The maximum absolute atomic E-state index is 13.5. The third kappa shape index (κ3) is 5.67. The second-order valence-corrected chi connectivity index (χ2v) is 19.1. The number of carbonyl (C=O) groups excluding carboxylic acids is 2. The number of carbonyl (C=O) groups is 4. The van der Waals surface area contributed by atoms with Crippen molar-refractivity contribution in [1.29, 1.82) is 0 Å². The summed E-state index contributed by atoms with van der Waals surface area (Å²) in [5.41, 5.74) is 1.09. The van der Waals surface area contributed by atoms with Gasteiger partial charge in [0.15, 0.2) is 0 Å². The lowest BCUT2D eigenvalue weighted by atomic mass is 9.32. The second kappa shape index (κ2) is 13.4. The highest BCUT2D eigenvalue weighted by molar-refractivity contribution is 6.03. The van der Waals surface area contributed by atoms with Crippen LogP contribution in [0.4, 0.5) is 0 Å². The van der Waals surface area contributed by atoms with Gasteiger partial charge in [0.05, 0.1) is 28.9 Å². The molecular weight excluding hydrogens is 680 g/mol. The third-order valence-corrected chi connectivity index (χ3v) is 16.7. The van der Waals surface area contributed by atoms with Crippen molar-refractivity contribution < 1.29 is 38.9 Å². The van der Waals surface area contributed by atoms with Gasteiger partial charge >= 0.3 is 23.9 Å². The summed E-state index contributed by atoms with van der Waals surface area (Å²) in [6.45, 7) is 19.1. The molecule has 2 N–H and O–H groups in total. The summed E-state index contributed by atoms with van der Waals surface area (Å²) >= 11 is 0. The summed E-state index contributed by atoms with van der Waals surface area (Å²) < 4.78 is 12.4. The number of esters is 2. The smallest absolute Gasteiger partial charge is 0.339 e. The van der Waals surface area contributed by atoms with Crippen LogP contribution < -0.4 is 0 Å². The quantitative estimate of drug-likeness (QED) is 0.202. The molecule has 7 rings (SSSR count). The van der Waals surface area contributed by atoms with Gasteiger partial charge in [0.1, 0.15) is 6.10 Å². The number of benzene rings is 2. The van der Waals surface area contributed by atoms with E-state index in [0.717, 1.165) is 64.2 Å². The first kappa shape index (κ1) is 38.3. The van der Waals surface area contributed by atoms with Crippen LogP contribution in [0.5, 0.6) is 0 Å². The Morgan fingerprint density at radius 3 is 1.87 bits per heavy atom. The maximum Gasteiger partial charge on any atom is 0.339 e. The molecule has 0 saturated heterocycles. The van der Waals surface area contributed by atoms with Crippen molar-refractivity contribution in [3.63, 3.8) is 0 Å². The largest absolute Gasteiger partial charge is 0.478 e. The fourth-order valence-corrected chi connectivity index (χ4v) is 13.9. The average molecular weight is 739 g/mol. The molecule has 10 atom stereocenters. The van der Waals surface area contributed by atoms with E-state index < -0.39 is 23.9 Å². The number of rotatable bonds is 8. The molecule has 5 fully saturated rings. The van der Waals surface area contributed by atoms with Crippen LogP contribution in [0.15, 0.2) is 60.7 Å². The molecule has 54 heavy (non-hydrogen) atoms. The zero-order chi connectivity index (χ0) is 39.0. The summed E-state index contributed by atoms with van der Waals surface area (Å²) in [5, 5.41) is 19.5. The zero-order valence-electron chi connectivity index (χ0n) is 32.9. The molecule has 8 heteroatoms. The van der Waals surface area contributed by atoms with Crippen LogP contribution in [0.1, 0.15) is 147 Å². The molecule has 0 spiro atoms. The van der Waals surface area contributed by atoms with Crippen LogP contribution in [0.3, 0.4) is 0 Å². The Balaban J connectivity index is 1.14. The Morgan fingerprint density at radius 2 is 1.28 bits per heavy atom. The van der Waals surface area contributed by atoms with Crippen LogP contribution in [0.25, 0.3) is 0 Å². The van der Waals surface area contributed by atoms with Crippen molar-refractivity contribution >= 4 is 23.9 Å². The van der Waals surface area contributed by atoms with Gasteiger partial charge in [-0.05, 0) is 141 Å². The minimum atomic E-state index is -1.14. The molecule has 290 valence electrons. The van der Waals surface area contributed by atoms with E-state index in [1.165, 1.54) is 17.7 Å². The van der Waals surface area contributed by atoms with Crippen molar-refractivity contribution in [2.24, 2.45) is 56.7 Å². The molecule has 2 aromatic carbocycles. The summed E-state index contributed by atoms with van der Waals surface area (Å²) in [5.74, 6) is -1.43. The molecule has 8 nitrogen and oxygen atoms in total. The Morgan fingerprint density at radius 1 is 0.685 bits per heavy atom. The number of fused-ring (bicyclic) bond motifs is 7. The molecule has 5 saturated carbocycles. The van der Waals surface area contributed by atoms with Crippen molar-refractivity contribution in [3.05, 3.63) is 82.9 Å². The Kier molecular flexibility index (Phi) is 9.49. The molecule has 0 unspecified atom stereocenters. The summed E-state index contributed by atoms with van der Waals surface area (Å²) in [4.78, 5) is 50.7. The van der Waals surface area contributed by atoms with Crippen molar-refractivity contribution in [2.75, 3.05) is 6.61 Å². The zero-order valence-corrected chi connectivity index (χ0v) is 32.9. The number of aromatic carboxylic acids is 2. The minimum absolute atomic E-state index is 0.0336. The van der Waals surface area contributed by atoms with E-state index in [-0.39, 0.29) is 55.4 Å². The van der Waals surface area contributed by atoms with Crippen LogP contribution in [0, 0.1) is 56.7 Å². The minimum Gasteiger partial charge on any atom is -0.478 e. The van der Waals surface area contributed by atoms with Gasteiger partial charge < -0.3 is 19.7 Å². The van der Waals surface area contributed by atoms with Crippen LogP contribution in [0.2, 0.25) is 0 Å². The van der Waals surface area contributed by atoms with E-state index in [0.29, 0.717) is 36.2 Å². The highest BCUT2D eigenvalue weighted by atomic mass is 16.5. The fourth-order valence-electron chi connectivity index (χ4n) is 13.9. The van der Waals surface area contributed by atoms with E-state index in [1.807, 2.05) is 0 Å². The van der Waals surface area contributed by atoms with Gasteiger partial charge in [-0.3, -0.25) is 0 Å². The molecule has 5 aliphatic rings. The molecule has 0 aliphatic heterocycles. The lowest BCUT2D eigenvalue weighted by molar-refractivity contribution is -0.249. The normalized spacial score (nSPS) is 37.7. The number of ether oxygens (including phenoxy) is 2. The van der Waals surface area contributed by atoms with E-state index >= 15 is 0 Å². The average Bonchev–Trinajstić information content (AvgIpc) is 3.52. The Labute approximate surface area is 320 Å². The van der Waals surface area contributed by atoms with Crippen LogP contribution >= 0.6 is 0 Å². The number of hydrogen-bond acceptors (Lipinski definition) is 6. The Hall–Kier alpha value is -3.94. The first-order valence-electron chi connectivity index (χ1n) is 20.1. The maximum atomic E-state index is 13.5. The molecular formula is C46H58O8. The number of allylic oxidation sites excluding steroid dienone is 1. The van der Waals surface area contributed by atoms with Gasteiger partial charge in [0.2, 0.25) is 0 Å². The van der Waals surface area contributed by atoms with Gasteiger partial charge in [0.25, 0.3) is 0 Å². The number of carboxylic acids is 2. The predicted octanol–water partition coefficient (Wildman–Crippen LogP) is 10.1. The predicted molar refractivity (Wildman–Crippen MR) is 205 cm³/mol. The van der Waals surface area contributed by atoms with Gasteiger partial charge in [-0.1, -0.05) is 71.0 Å².